The van der Waals surface area contributed by atoms with Gasteiger partial charge in [0.2, 0.25) is 0 Å². The summed E-state index contributed by atoms with van der Waals surface area (Å²) in [5.74, 6) is 0.222. The number of benzene rings is 1. The first-order chi connectivity index (χ1) is 7.65. The maximum Gasteiger partial charge on any atom is 0.309 e. The van der Waals surface area contributed by atoms with Gasteiger partial charge in [-0.25, -0.2) is 0 Å². The molecule has 0 bridgehead atoms. The van der Waals surface area contributed by atoms with Crippen molar-refractivity contribution in [2.45, 2.75) is 18.9 Å². The lowest BCUT2D eigenvalue weighted by molar-refractivity contribution is -0.149. The quantitative estimate of drug-likeness (QED) is 0.781. The van der Waals surface area contributed by atoms with Crippen molar-refractivity contribution < 1.29 is 19.4 Å². The molecular weight excluding hydrogens is 208 g/mol. The van der Waals surface area contributed by atoms with E-state index in [1.54, 1.807) is 19.1 Å². The fourth-order valence-corrected chi connectivity index (χ4v) is 1.85. The maximum atomic E-state index is 11.4. The van der Waals surface area contributed by atoms with Crippen molar-refractivity contribution in [2.24, 2.45) is 0 Å². The van der Waals surface area contributed by atoms with E-state index in [0.29, 0.717) is 17.9 Å². The highest BCUT2D eigenvalue weighted by atomic mass is 16.5. The van der Waals surface area contributed by atoms with Gasteiger partial charge in [-0.2, -0.15) is 0 Å². The highest BCUT2D eigenvalue weighted by molar-refractivity contribution is 5.71. The van der Waals surface area contributed by atoms with E-state index in [4.69, 9.17) is 9.47 Å². The van der Waals surface area contributed by atoms with Gasteiger partial charge < -0.3 is 14.6 Å². The van der Waals surface area contributed by atoms with Crippen LogP contribution in [0.15, 0.2) is 24.3 Å². The predicted molar refractivity (Wildman–Crippen MR) is 57.1 cm³/mol. The van der Waals surface area contributed by atoms with Crippen LogP contribution in [0.5, 0.6) is 5.75 Å². The van der Waals surface area contributed by atoms with Crippen molar-refractivity contribution in [1.29, 1.82) is 0 Å². The standard InChI is InChI=1S/C12H14O4/c1-2-15-11(13)7-12(14)8-16-10-6-4-3-5-9(10)12/h3-6,14H,2,7-8H2,1H3. The number of hydrogen-bond acceptors (Lipinski definition) is 4. The van der Waals surface area contributed by atoms with Gasteiger partial charge in [-0.3, -0.25) is 4.79 Å². The van der Waals surface area contributed by atoms with Crippen LogP contribution in [0.3, 0.4) is 0 Å². The number of para-hydroxylation sites is 1. The Bertz CT molecular complexity index is 402. The number of carbonyl (C=O) groups is 1. The van der Waals surface area contributed by atoms with Gasteiger partial charge in [0.05, 0.1) is 13.0 Å². The van der Waals surface area contributed by atoms with Gasteiger partial charge in [0.15, 0.2) is 0 Å². The van der Waals surface area contributed by atoms with E-state index in [0.717, 1.165) is 0 Å². The monoisotopic (exact) mass is 222 g/mol. The van der Waals surface area contributed by atoms with Crippen molar-refractivity contribution in [3.8, 4) is 5.75 Å². The Kier molecular flexibility index (Phi) is 2.83. The maximum absolute atomic E-state index is 11.4. The number of aliphatic hydroxyl groups is 1. The molecule has 16 heavy (non-hydrogen) atoms. The molecule has 1 heterocycles. The summed E-state index contributed by atoms with van der Waals surface area (Å²) in [5.41, 5.74) is -0.592. The molecule has 1 atom stereocenters. The molecule has 0 spiro atoms. The molecule has 0 aromatic heterocycles. The summed E-state index contributed by atoms with van der Waals surface area (Å²) in [6.45, 7) is 2.16. The lowest BCUT2D eigenvalue weighted by Gasteiger charge is -2.19. The Morgan fingerprint density at radius 3 is 3.06 bits per heavy atom. The Labute approximate surface area is 93.8 Å². The van der Waals surface area contributed by atoms with E-state index in [-0.39, 0.29) is 13.0 Å². The van der Waals surface area contributed by atoms with Gasteiger partial charge in [0, 0.05) is 5.56 Å². The van der Waals surface area contributed by atoms with Crippen molar-refractivity contribution in [2.75, 3.05) is 13.2 Å². The summed E-state index contributed by atoms with van der Waals surface area (Å²) in [7, 11) is 0. The minimum atomic E-state index is -1.25. The zero-order chi connectivity index (χ0) is 11.6. The van der Waals surface area contributed by atoms with E-state index in [1.807, 2.05) is 12.1 Å². The third-order valence-corrected chi connectivity index (χ3v) is 2.60. The molecule has 1 aliphatic heterocycles. The molecule has 1 N–H and O–H groups in total. The van der Waals surface area contributed by atoms with Gasteiger partial charge in [-0.05, 0) is 13.0 Å². The Hall–Kier alpha value is -1.55. The summed E-state index contributed by atoms with van der Waals surface area (Å²) in [6, 6.07) is 7.18. The lowest BCUT2D eigenvalue weighted by atomic mass is 9.93. The average Bonchev–Trinajstić information content (AvgIpc) is 2.58. The van der Waals surface area contributed by atoms with E-state index in [2.05, 4.69) is 0 Å². The van der Waals surface area contributed by atoms with Gasteiger partial charge >= 0.3 is 5.97 Å². The second kappa shape index (κ2) is 4.14. The minimum Gasteiger partial charge on any atom is -0.490 e. The predicted octanol–water partition coefficient (Wildman–Crippen LogP) is 1.22. The summed E-state index contributed by atoms with van der Waals surface area (Å²) >= 11 is 0. The molecule has 1 aliphatic rings. The minimum absolute atomic E-state index is 0.0716. The lowest BCUT2D eigenvalue weighted by Crippen LogP contribution is -2.31. The van der Waals surface area contributed by atoms with Crippen LogP contribution in [-0.4, -0.2) is 24.3 Å². The van der Waals surface area contributed by atoms with Crippen LogP contribution in [0.25, 0.3) is 0 Å². The SMILES string of the molecule is CCOC(=O)CC1(O)COc2ccccc21. The molecule has 1 aromatic carbocycles. The van der Waals surface area contributed by atoms with Crippen LogP contribution >= 0.6 is 0 Å². The zero-order valence-electron chi connectivity index (χ0n) is 9.10. The molecular formula is C12H14O4. The fraction of sp³-hybridized carbons (Fsp3) is 0.417. The van der Waals surface area contributed by atoms with Crippen LogP contribution in [0.4, 0.5) is 0 Å². The molecule has 0 saturated carbocycles. The number of esters is 1. The Morgan fingerprint density at radius 2 is 2.31 bits per heavy atom. The first-order valence-electron chi connectivity index (χ1n) is 5.26. The molecule has 0 saturated heterocycles. The molecule has 2 rings (SSSR count). The highest BCUT2D eigenvalue weighted by Gasteiger charge is 2.40. The second-order valence-corrected chi connectivity index (χ2v) is 3.80. The Balaban J connectivity index is 2.18. The first kappa shape index (κ1) is 11.0. The third-order valence-electron chi connectivity index (χ3n) is 2.60. The number of hydrogen-bond donors (Lipinski definition) is 1. The van der Waals surface area contributed by atoms with E-state index in [9.17, 15) is 9.90 Å². The smallest absolute Gasteiger partial charge is 0.309 e. The van der Waals surface area contributed by atoms with Gasteiger partial charge in [-0.1, -0.05) is 18.2 Å². The number of ether oxygens (including phenoxy) is 2. The average molecular weight is 222 g/mol. The summed E-state index contributed by atoms with van der Waals surface area (Å²) in [5, 5.41) is 10.3. The third kappa shape index (κ3) is 1.88. The van der Waals surface area contributed by atoms with Gasteiger partial charge in [-0.15, -0.1) is 0 Å². The van der Waals surface area contributed by atoms with Crippen LogP contribution in [0.1, 0.15) is 18.9 Å². The van der Waals surface area contributed by atoms with Crippen LogP contribution in [-0.2, 0) is 15.1 Å². The van der Waals surface area contributed by atoms with Crippen molar-refractivity contribution in [1.82, 2.24) is 0 Å². The summed E-state index contributed by atoms with van der Waals surface area (Å²) in [6.07, 6.45) is -0.0716. The second-order valence-electron chi connectivity index (χ2n) is 3.80. The molecule has 0 fully saturated rings. The number of carbonyl (C=O) groups excluding carboxylic acids is 1. The van der Waals surface area contributed by atoms with Crippen LogP contribution < -0.4 is 4.74 Å². The summed E-state index contributed by atoms with van der Waals surface area (Å²) in [4.78, 5) is 11.4. The highest BCUT2D eigenvalue weighted by Crippen LogP contribution is 2.38. The molecule has 0 radical (unpaired) electrons. The summed E-state index contributed by atoms with van der Waals surface area (Å²) < 4.78 is 10.2. The number of rotatable bonds is 3. The fourth-order valence-electron chi connectivity index (χ4n) is 1.85. The van der Waals surface area contributed by atoms with Crippen molar-refractivity contribution >= 4 is 5.97 Å². The first-order valence-corrected chi connectivity index (χ1v) is 5.26. The molecule has 86 valence electrons. The van der Waals surface area contributed by atoms with Crippen molar-refractivity contribution in [3.05, 3.63) is 29.8 Å². The van der Waals surface area contributed by atoms with Gasteiger partial charge in [0.25, 0.3) is 0 Å². The molecule has 4 heteroatoms. The largest absolute Gasteiger partial charge is 0.490 e. The zero-order valence-corrected chi connectivity index (χ0v) is 9.10. The van der Waals surface area contributed by atoms with Crippen LogP contribution in [0, 0.1) is 0 Å². The van der Waals surface area contributed by atoms with E-state index >= 15 is 0 Å². The van der Waals surface area contributed by atoms with Crippen LogP contribution in [0.2, 0.25) is 0 Å². The Morgan fingerprint density at radius 1 is 1.56 bits per heavy atom. The van der Waals surface area contributed by atoms with E-state index < -0.39 is 11.6 Å². The molecule has 1 aromatic rings. The van der Waals surface area contributed by atoms with E-state index in [1.165, 1.54) is 0 Å². The van der Waals surface area contributed by atoms with Crippen molar-refractivity contribution in [3.63, 3.8) is 0 Å². The number of fused-ring (bicyclic) bond motifs is 1. The molecule has 0 amide bonds. The molecule has 1 unspecified atom stereocenters. The molecule has 0 aliphatic carbocycles. The van der Waals surface area contributed by atoms with Gasteiger partial charge in [0.1, 0.15) is 18.0 Å². The topological polar surface area (TPSA) is 55.8 Å². The molecule has 4 nitrogen and oxygen atoms in total. The normalized spacial score (nSPS) is 22.4.